The molecule has 0 saturated heterocycles. The monoisotopic (exact) mass is 235 g/mol. The third-order valence-electron chi connectivity index (χ3n) is 2.98. The Hall–Kier alpha value is -1.55. The van der Waals surface area contributed by atoms with Gasteiger partial charge < -0.3 is 15.6 Å². The van der Waals surface area contributed by atoms with Gasteiger partial charge in [-0.1, -0.05) is 12.1 Å². The molecule has 0 bridgehead atoms. The summed E-state index contributed by atoms with van der Waals surface area (Å²) in [4.78, 5) is 11.0. The van der Waals surface area contributed by atoms with E-state index in [1.54, 1.807) is 12.1 Å². The zero-order chi connectivity index (χ0) is 12.3. The average Bonchev–Trinajstić information content (AvgIpc) is 3.11. The first-order valence-corrected chi connectivity index (χ1v) is 5.86. The van der Waals surface area contributed by atoms with Crippen LogP contribution in [0.5, 0.6) is 5.75 Å². The molecule has 17 heavy (non-hydrogen) atoms. The van der Waals surface area contributed by atoms with Gasteiger partial charge in [0, 0.05) is 6.54 Å². The van der Waals surface area contributed by atoms with Crippen molar-refractivity contribution in [3.05, 3.63) is 29.8 Å². The number of carboxylic acid groups (broad SMARTS) is 1. The van der Waals surface area contributed by atoms with Crippen LogP contribution in [0.4, 0.5) is 0 Å². The summed E-state index contributed by atoms with van der Waals surface area (Å²) >= 11 is 0. The van der Waals surface area contributed by atoms with Crippen LogP contribution in [0.2, 0.25) is 0 Å². The van der Waals surface area contributed by atoms with E-state index in [9.17, 15) is 4.79 Å². The Morgan fingerprint density at radius 3 is 2.88 bits per heavy atom. The van der Waals surface area contributed by atoms with E-state index in [-0.39, 0.29) is 6.54 Å². The van der Waals surface area contributed by atoms with Gasteiger partial charge in [0.1, 0.15) is 5.75 Å². The fourth-order valence-corrected chi connectivity index (χ4v) is 1.70. The third-order valence-corrected chi connectivity index (χ3v) is 2.98. The molecule has 0 aromatic heterocycles. The highest BCUT2D eigenvalue weighted by atomic mass is 16.5. The minimum absolute atomic E-state index is 0.0986. The fraction of sp³-hybridized carbons (Fsp3) is 0.462. The van der Waals surface area contributed by atoms with Crippen LogP contribution in [0.25, 0.3) is 0 Å². The first-order valence-electron chi connectivity index (χ1n) is 5.86. The van der Waals surface area contributed by atoms with Gasteiger partial charge >= 0.3 is 5.97 Å². The maximum Gasteiger partial charge on any atom is 0.312 e. The molecule has 0 spiro atoms. The standard InChI is InChI=1S/C13H17NO3/c14-7-12(13(15)16)10-2-1-3-11(6-10)17-8-9-4-5-9/h1-3,6,9,12H,4-5,7-8,14H2,(H,15,16). The molecule has 1 saturated carbocycles. The normalized spacial score (nSPS) is 16.5. The molecule has 4 nitrogen and oxygen atoms in total. The Morgan fingerprint density at radius 2 is 2.29 bits per heavy atom. The fourth-order valence-electron chi connectivity index (χ4n) is 1.70. The van der Waals surface area contributed by atoms with Crippen LogP contribution in [0.3, 0.4) is 0 Å². The third kappa shape index (κ3) is 3.20. The lowest BCUT2D eigenvalue weighted by molar-refractivity contribution is -0.138. The Bertz CT molecular complexity index is 401. The number of hydrogen-bond donors (Lipinski definition) is 2. The second-order valence-corrected chi connectivity index (χ2v) is 4.45. The molecular weight excluding hydrogens is 218 g/mol. The van der Waals surface area contributed by atoms with E-state index in [2.05, 4.69) is 0 Å². The van der Waals surface area contributed by atoms with Crippen LogP contribution in [-0.4, -0.2) is 24.2 Å². The van der Waals surface area contributed by atoms with Crippen molar-refractivity contribution in [2.75, 3.05) is 13.2 Å². The van der Waals surface area contributed by atoms with Gasteiger partial charge in [0.05, 0.1) is 12.5 Å². The molecule has 1 fully saturated rings. The van der Waals surface area contributed by atoms with Crippen LogP contribution in [0.15, 0.2) is 24.3 Å². The van der Waals surface area contributed by atoms with Gasteiger partial charge in [-0.25, -0.2) is 0 Å². The Labute approximate surface area is 100 Å². The largest absolute Gasteiger partial charge is 0.493 e. The van der Waals surface area contributed by atoms with Crippen LogP contribution < -0.4 is 10.5 Å². The highest BCUT2D eigenvalue weighted by Crippen LogP contribution is 2.30. The highest BCUT2D eigenvalue weighted by Gasteiger charge is 2.22. The van der Waals surface area contributed by atoms with Gasteiger partial charge in [0.25, 0.3) is 0 Å². The summed E-state index contributed by atoms with van der Waals surface area (Å²) in [5, 5.41) is 9.02. The summed E-state index contributed by atoms with van der Waals surface area (Å²) in [5.41, 5.74) is 6.17. The van der Waals surface area contributed by atoms with Crippen molar-refractivity contribution in [1.82, 2.24) is 0 Å². The molecule has 0 heterocycles. The van der Waals surface area contributed by atoms with Gasteiger partial charge in [-0.15, -0.1) is 0 Å². The van der Waals surface area contributed by atoms with Crippen molar-refractivity contribution in [3.63, 3.8) is 0 Å². The van der Waals surface area contributed by atoms with Crippen molar-refractivity contribution in [1.29, 1.82) is 0 Å². The molecule has 1 atom stereocenters. The predicted octanol–water partition coefficient (Wildman–Crippen LogP) is 1.60. The molecule has 1 aromatic carbocycles. The molecule has 4 heteroatoms. The Morgan fingerprint density at radius 1 is 1.53 bits per heavy atom. The van der Waals surface area contributed by atoms with Crippen LogP contribution in [-0.2, 0) is 4.79 Å². The second kappa shape index (κ2) is 5.19. The van der Waals surface area contributed by atoms with Crippen LogP contribution >= 0.6 is 0 Å². The molecule has 1 aliphatic rings. The number of aliphatic carboxylic acids is 1. The molecule has 1 unspecified atom stereocenters. The van der Waals surface area contributed by atoms with Crippen molar-refractivity contribution >= 4 is 5.97 Å². The molecule has 1 aromatic rings. The van der Waals surface area contributed by atoms with E-state index < -0.39 is 11.9 Å². The lowest BCUT2D eigenvalue weighted by Gasteiger charge is -2.12. The quantitative estimate of drug-likeness (QED) is 0.785. The summed E-state index contributed by atoms with van der Waals surface area (Å²) in [6, 6.07) is 7.20. The van der Waals surface area contributed by atoms with Crippen molar-refractivity contribution in [2.45, 2.75) is 18.8 Å². The maximum absolute atomic E-state index is 11.0. The Kier molecular flexibility index (Phi) is 3.64. The van der Waals surface area contributed by atoms with Gasteiger partial charge in [-0.05, 0) is 36.5 Å². The maximum atomic E-state index is 11.0. The van der Waals surface area contributed by atoms with E-state index >= 15 is 0 Å². The lowest BCUT2D eigenvalue weighted by Crippen LogP contribution is -2.21. The van der Waals surface area contributed by atoms with Gasteiger partial charge in [0.15, 0.2) is 0 Å². The summed E-state index contributed by atoms with van der Waals surface area (Å²) in [5.74, 6) is -0.135. The summed E-state index contributed by atoms with van der Waals surface area (Å²) in [6.07, 6.45) is 2.47. The molecule has 0 aliphatic heterocycles. The van der Waals surface area contributed by atoms with E-state index in [1.165, 1.54) is 12.8 Å². The second-order valence-electron chi connectivity index (χ2n) is 4.45. The number of hydrogen-bond acceptors (Lipinski definition) is 3. The molecular formula is C13H17NO3. The minimum atomic E-state index is -0.896. The number of carboxylic acids is 1. The average molecular weight is 235 g/mol. The first-order chi connectivity index (χ1) is 8.20. The zero-order valence-corrected chi connectivity index (χ0v) is 9.63. The zero-order valence-electron chi connectivity index (χ0n) is 9.63. The van der Waals surface area contributed by atoms with E-state index in [1.807, 2.05) is 12.1 Å². The summed E-state index contributed by atoms with van der Waals surface area (Å²) < 4.78 is 5.61. The van der Waals surface area contributed by atoms with Crippen LogP contribution in [0.1, 0.15) is 24.3 Å². The van der Waals surface area contributed by atoms with E-state index in [0.717, 1.165) is 12.4 Å². The Balaban J connectivity index is 2.05. The van der Waals surface area contributed by atoms with Gasteiger partial charge in [-0.3, -0.25) is 4.79 Å². The lowest BCUT2D eigenvalue weighted by atomic mass is 9.99. The molecule has 92 valence electrons. The molecule has 0 amide bonds. The van der Waals surface area contributed by atoms with Gasteiger partial charge in [-0.2, -0.15) is 0 Å². The molecule has 2 rings (SSSR count). The van der Waals surface area contributed by atoms with Crippen LogP contribution in [0, 0.1) is 5.92 Å². The first kappa shape index (κ1) is 11.9. The summed E-state index contributed by atoms with van der Waals surface area (Å²) in [6.45, 7) is 0.825. The predicted molar refractivity (Wildman–Crippen MR) is 64.1 cm³/mol. The smallest absolute Gasteiger partial charge is 0.312 e. The van der Waals surface area contributed by atoms with Crippen molar-refractivity contribution in [3.8, 4) is 5.75 Å². The molecule has 3 N–H and O–H groups in total. The number of benzene rings is 1. The number of ether oxygens (including phenoxy) is 1. The molecule has 0 radical (unpaired) electrons. The number of carbonyl (C=O) groups is 1. The highest BCUT2D eigenvalue weighted by molar-refractivity contribution is 5.76. The SMILES string of the molecule is NCC(C(=O)O)c1cccc(OCC2CC2)c1. The van der Waals surface area contributed by atoms with Gasteiger partial charge in [0.2, 0.25) is 0 Å². The van der Waals surface area contributed by atoms with E-state index in [4.69, 9.17) is 15.6 Å². The topological polar surface area (TPSA) is 72.6 Å². The number of rotatable bonds is 6. The number of nitrogens with two attached hydrogens (primary N) is 1. The minimum Gasteiger partial charge on any atom is -0.493 e. The van der Waals surface area contributed by atoms with E-state index in [0.29, 0.717) is 11.5 Å². The van der Waals surface area contributed by atoms with Crippen molar-refractivity contribution in [2.24, 2.45) is 11.7 Å². The van der Waals surface area contributed by atoms with Crippen molar-refractivity contribution < 1.29 is 14.6 Å². The molecule has 1 aliphatic carbocycles. The summed E-state index contributed by atoms with van der Waals surface area (Å²) in [7, 11) is 0.